The second-order valence-electron chi connectivity index (χ2n) is 6.18. The molecule has 4 rings (SSSR count). The third kappa shape index (κ3) is 3.38. The quantitative estimate of drug-likeness (QED) is 0.702. The highest BCUT2D eigenvalue weighted by Crippen LogP contribution is 2.21. The van der Waals surface area contributed by atoms with Crippen molar-refractivity contribution >= 4 is 17.2 Å². The molecule has 2 heterocycles. The molecular weight excluding hydrogens is 310 g/mol. The summed E-state index contributed by atoms with van der Waals surface area (Å²) in [6, 6.07) is 19.8. The van der Waals surface area contributed by atoms with Gasteiger partial charge in [0.1, 0.15) is 0 Å². The molecule has 0 saturated heterocycles. The third-order valence-corrected chi connectivity index (χ3v) is 4.48. The van der Waals surface area contributed by atoms with Crippen molar-refractivity contribution in [1.29, 1.82) is 0 Å². The van der Waals surface area contributed by atoms with Crippen molar-refractivity contribution in [1.82, 2.24) is 4.57 Å². The van der Waals surface area contributed by atoms with Crippen molar-refractivity contribution in [2.24, 2.45) is 5.10 Å². The number of anilines is 1. The fraction of sp³-hybridized carbons (Fsp3) is 0.143. The first-order valence-electron chi connectivity index (χ1n) is 8.45. The number of para-hydroxylation sites is 1. The van der Waals surface area contributed by atoms with Gasteiger partial charge in [0.15, 0.2) is 5.78 Å². The zero-order valence-corrected chi connectivity index (χ0v) is 13.9. The Kier molecular flexibility index (Phi) is 4.17. The number of nitrogens with one attached hydrogen (secondary N) is 1. The van der Waals surface area contributed by atoms with Gasteiger partial charge >= 0.3 is 0 Å². The lowest BCUT2D eigenvalue weighted by atomic mass is 9.99. The minimum Gasteiger partial charge on any atom is -0.324 e. The Morgan fingerprint density at radius 2 is 1.76 bits per heavy atom. The number of carbonyl (C=O) groups is 1. The number of hydrazone groups is 1. The molecule has 0 aliphatic carbocycles. The first-order chi connectivity index (χ1) is 12.3. The Bertz CT molecular complexity index is 909. The maximum Gasteiger partial charge on any atom is 0.163 e. The summed E-state index contributed by atoms with van der Waals surface area (Å²) in [6.45, 7) is 0. The number of ketones is 1. The highest BCUT2D eigenvalue weighted by atomic mass is 16.1. The lowest BCUT2D eigenvalue weighted by molar-refractivity contribution is 0.0984. The second kappa shape index (κ2) is 6.77. The van der Waals surface area contributed by atoms with Crippen LogP contribution in [-0.4, -0.2) is 16.1 Å². The van der Waals surface area contributed by atoms with Gasteiger partial charge in [-0.3, -0.25) is 10.2 Å². The van der Waals surface area contributed by atoms with Crippen molar-refractivity contribution in [2.75, 3.05) is 5.43 Å². The number of hydrogen-bond acceptors (Lipinski definition) is 3. The fourth-order valence-corrected chi connectivity index (χ4v) is 3.05. The standard InChI is InChI=1S/C21H19N3O/c25-21(16-7-10-19(11-8-16)24-13-3-4-14-24)12-9-18-15-17-5-1-2-6-20(17)23-22-18/h1-8,10-11,13-14,23H,9,12,15H2. The number of carbonyl (C=O) groups excluding carboxylic acids is 1. The fourth-order valence-electron chi connectivity index (χ4n) is 3.05. The Hall–Kier alpha value is -3.14. The molecule has 1 aromatic heterocycles. The largest absolute Gasteiger partial charge is 0.324 e. The van der Waals surface area contributed by atoms with Crippen LogP contribution in [0.5, 0.6) is 0 Å². The molecule has 0 bridgehead atoms. The van der Waals surface area contributed by atoms with Crippen LogP contribution in [0, 0.1) is 0 Å². The molecule has 2 aromatic carbocycles. The Morgan fingerprint density at radius 1 is 1.00 bits per heavy atom. The van der Waals surface area contributed by atoms with Gasteiger partial charge in [-0.05, 0) is 54.4 Å². The number of benzene rings is 2. The summed E-state index contributed by atoms with van der Waals surface area (Å²) >= 11 is 0. The van der Waals surface area contributed by atoms with Gasteiger partial charge in [0.25, 0.3) is 0 Å². The third-order valence-electron chi connectivity index (χ3n) is 4.48. The molecule has 1 aliphatic heterocycles. The summed E-state index contributed by atoms with van der Waals surface area (Å²) < 4.78 is 2.02. The number of hydrogen-bond donors (Lipinski definition) is 1. The van der Waals surface area contributed by atoms with Gasteiger partial charge in [-0.1, -0.05) is 18.2 Å². The number of nitrogens with zero attached hydrogens (tertiary/aromatic N) is 2. The molecule has 0 saturated carbocycles. The zero-order valence-electron chi connectivity index (χ0n) is 13.9. The predicted octanol–water partition coefficient (Wildman–Crippen LogP) is 4.46. The van der Waals surface area contributed by atoms with E-state index in [1.54, 1.807) is 0 Å². The molecular formula is C21H19N3O. The molecule has 0 radical (unpaired) electrons. The average molecular weight is 329 g/mol. The minimum absolute atomic E-state index is 0.153. The van der Waals surface area contributed by atoms with Gasteiger partial charge in [-0.25, -0.2) is 0 Å². The zero-order chi connectivity index (χ0) is 17.1. The Labute approximate surface area is 146 Å². The molecule has 124 valence electrons. The number of rotatable bonds is 5. The topological polar surface area (TPSA) is 46.4 Å². The van der Waals surface area contributed by atoms with E-state index in [2.05, 4.69) is 16.6 Å². The summed E-state index contributed by atoms with van der Waals surface area (Å²) in [4.78, 5) is 12.4. The highest BCUT2D eigenvalue weighted by Gasteiger charge is 2.14. The van der Waals surface area contributed by atoms with Crippen LogP contribution < -0.4 is 5.43 Å². The van der Waals surface area contributed by atoms with Crippen LogP contribution in [0.15, 0.2) is 78.2 Å². The Balaban J connectivity index is 1.37. The van der Waals surface area contributed by atoms with E-state index in [9.17, 15) is 4.79 Å². The van der Waals surface area contributed by atoms with E-state index < -0.39 is 0 Å². The van der Waals surface area contributed by atoms with Crippen LogP contribution in [-0.2, 0) is 6.42 Å². The van der Waals surface area contributed by atoms with E-state index >= 15 is 0 Å². The molecule has 0 atom stereocenters. The number of Topliss-reactive ketones (excluding diaryl/α,β-unsaturated/α-hetero) is 1. The summed E-state index contributed by atoms with van der Waals surface area (Å²) in [7, 11) is 0. The van der Waals surface area contributed by atoms with E-state index in [1.165, 1.54) is 5.56 Å². The Morgan fingerprint density at radius 3 is 2.56 bits per heavy atom. The van der Waals surface area contributed by atoms with Crippen LogP contribution in [0.25, 0.3) is 5.69 Å². The van der Waals surface area contributed by atoms with Crippen LogP contribution in [0.2, 0.25) is 0 Å². The van der Waals surface area contributed by atoms with E-state index in [4.69, 9.17) is 0 Å². The van der Waals surface area contributed by atoms with E-state index in [0.717, 1.165) is 29.1 Å². The molecule has 3 aromatic rings. The number of fused-ring (bicyclic) bond motifs is 1. The molecule has 1 aliphatic rings. The van der Waals surface area contributed by atoms with Crippen molar-refractivity contribution < 1.29 is 4.79 Å². The normalized spacial score (nSPS) is 12.9. The smallest absolute Gasteiger partial charge is 0.163 e. The molecule has 4 heteroatoms. The lowest BCUT2D eigenvalue weighted by Gasteiger charge is -2.16. The summed E-state index contributed by atoms with van der Waals surface area (Å²) in [5, 5.41) is 4.40. The van der Waals surface area contributed by atoms with Crippen molar-refractivity contribution in [3.8, 4) is 5.69 Å². The maximum atomic E-state index is 12.4. The molecule has 0 fully saturated rings. The van der Waals surface area contributed by atoms with E-state index in [0.29, 0.717) is 12.8 Å². The van der Waals surface area contributed by atoms with Crippen LogP contribution in [0.4, 0.5) is 5.69 Å². The van der Waals surface area contributed by atoms with Crippen molar-refractivity contribution in [3.05, 3.63) is 84.2 Å². The first kappa shape index (κ1) is 15.4. The predicted molar refractivity (Wildman–Crippen MR) is 101 cm³/mol. The molecule has 0 spiro atoms. The second-order valence-corrected chi connectivity index (χ2v) is 6.18. The first-order valence-corrected chi connectivity index (χ1v) is 8.45. The molecule has 0 unspecified atom stereocenters. The van der Waals surface area contributed by atoms with Crippen molar-refractivity contribution in [2.45, 2.75) is 19.3 Å². The molecule has 0 amide bonds. The van der Waals surface area contributed by atoms with Gasteiger partial charge in [-0.15, -0.1) is 0 Å². The van der Waals surface area contributed by atoms with Crippen LogP contribution >= 0.6 is 0 Å². The summed E-state index contributed by atoms with van der Waals surface area (Å²) in [5.41, 5.74) is 8.19. The van der Waals surface area contributed by atoms with Crippen molar-refractivity contribution in [3.63, 3.8) is 0 Å². The average Bonchev–Trinajstić information content (AvgIpc) is 3.21. The monoisotopic (exact) mass is 329 g/mol. The maximum absolute atomic E-state index is 12.4. The van der Waals surface area contributed by atoms with E-state index in [-0.39, 0.29) is 5.78 Å². The molecule has 4 nitrogen and oxygen atoms in total. The van der Waals surface area contributed by atoms with Crippen LogP contribution in [0.1, 0.15) is 28.8 Å². The highest BCUT2D eigenvalue weighted by molar-refractivity contribution is 6.00. The number of aromatic nitrogens is 1. The summed E-state index contributed by atoms with van der Waals surface area (Å²) in [6.07, 6.45) is 5.94. The molecule has 1 N–H and O–H groups in total. The van der Waals surface area contributed by atoms with Gasteiger partial charge in [0, 0.05) is 42.2 Å². The van der Waals surface area contributed by atoms with Gasteiger partial charge in [0.05, 0.1) is 5.69 Å². The minimum atomic E-state index is 0.153. The van der Waals surface area contributed by atoms with E-state index in [1.807, 2.05) is 71.6 Å². The van der Waals surface area contributed by atoms with Crippen LogP contribution in [0.3, 0.4) is 0 Å². The lowest BCUT2D eigenvalue weighted by Crippen LogP contribution is -2.15. The SMILES string of the molecule is O=C(CCC1=NNc2ccccc2C1)c1ccc(-n2cccc2)cc1. The summed E-state index contributed by atoms with van der Waals surface area (Å²) in [5.74, 6) is 0.153. The van der Waals surface area contributed by atoms with Gasteiger partial charge in [-0.2, -0.15) is 5.10 Å². The molecule has 25 heavy (non-hydrogen) atoms. The van der Waals surface area contributed by atoms with Gasteiger partial charge in [0.2, 0.25) is 0 Å². The van der Waals surface area contributed by atoms with Gasteiger partial charge < -0.3 is 4.57 Å².